The number of aromatic nitrogens is 2. The average Bonchev–Trinajstić information content (AvgIpc) is 2.92. The maximum absolute atomic E-state index is 13.3. The van der Waals surface area contributed by atoms with E-state index in [1.54, 1.807) is 54.6 Å². The summed E-state index contributed by atoms with van der Waals surface area (Å²) in [5.41, 5.74) is 6.77. The van der Waals surface area contributed by atoms with E-state index < -0.39 is 27.1 Å². The molecule has 4 rings (SSSR count). The molecule has 5 N–H and O–H groups in total. The summed E-state index contributed by atoms with van der Waals surface area (Å²) >= 11 is 0. The molecule has 0 bridgehead atoms. The van der Waals surface area contributed by atoms with E-state index in [0.717, 1.165) is 5.56 Å². The molecule has 0 aliphatic heterocycles. The van der Waals surface area contributed by atoms with Crippen LogP contribution in [-0.4, -0.2) is 29.9 Å². The SMILES string of the molecule is N=C(N)c1ccc(CNS(=O)(=O)Cn2c(=O)c(NCCc3ccccc3)cn(-c3ccccc3)c2=O)cc1. The van der Waals surface area contributed by atoms with E-state index in [4.69, 9.17) is 11.1 Å². The first-order valence-electron chi connectivity index (χ1n) is 11.8. The smallest absolute Gasteiger partial charge is 0.336 e. The van der Waals surface area contributed by atoms with Crippen molar-refractivity contribution in [2.45, 2.75) is 18.8 Å². The lowest BCUT2D eigenvalue weighted by Crippen LogP contribution is -2.43. The maximum Gasteiger partial charge on any atom is 0.336 e. The molecule has 1 heterocycles. The molecule has 3 aromatic carbocycles. The Bertz CT molecular complexity index is 1630. The van der Waals surface area contributed by atoms with Crippen molar-refractivity contribution in [1.29, 1.82) is 5.41 Å². The fourth-order valence-electron chi connectivity index (χ4n) is 3.81. The average molecular weight is 533 g/mol. The van der Waals surface area contributed by atoms with Gasteiger partial charge in [-0.2, -0.15) is 0 Å². The van der Waals surface area contributed by atoms with E-state index in [9.17, 15) is 18.0 Å². The van der Waals surface area contributed by atoms with Crippen LogP contribution in [-0.2, 0) is 28.9 Å². The standard InChI is InChI=1S/C27H28N6O4S/c28-25(29)22-13-11-21(12-14-22)17-31-38(36,37)19-33-26(34)24(30-16-15-20-7-3-1-4-8-20)18-32(27(33)35)23-9-5-2-6-10-23/h1-14,18,30-31H,15-17,19H2,(H3,28,29). The number of benzene rings is 3. The number of sulfonamides is 1. The van der Waals surface area contributed by atoms with Crippen LogP contribution in [0.15, 0.2) is 101 Å². The minimum absolute atomic E-state index is 0.0584. The van der Waals surface area contributed by atoms with Gasteiger partial charge in [0.15, 0.2) is 0 Å². The first-order valence-corrected chi connectivity index (χ1v) is 13.5. The number of para-hydroxylation sites is 1. The van der Waals surface area contributed by atoms with Crippen LogP contribution >= 0.6 is 0 Å². The molecule has 0 aliphatic rings. The van der Waals surface area contributed by atoms with Gasteiger partial charge in [0.2, 0.25) is 10.0 Å². The summed E-state index contributed by atoms with van der Waals surface area (Å²) in [7, 11) is -4.08. The summed E-state index contributed by atoms with van der Waals surface area (Å²) in [6.45, 7) is 0.352. The molecule has 0 amide bonds. The van der Waals surface area contributed by atoms with Gasteiger partial charge in [-0.25, -0.2) is 22.5 Å². The van der Waals surface area contributed by atoms with Crippen molar-refractivity contribution in [3.63, 3.8) is 0 Å². The van der Waals surface area contributed by atoms with E-state index in [-0.39, 0.29) is 18.1 Å². The van der Waals surface area contributed by atoms with Gasteiger partial charge in [-0.15, -0.1) is 0 Å². The molecule has 0 fully saturated rings. The normalized spacial score (nSPS) is 11.3. The second-order valence-electron chi connectivity index (χ2n) is 8.60. The summed E-state index contributed by atoms with van der Waals surface area (Å²) in [5, 5.41) is 10.5. The Morgan fingerprint density at radius 2 is 1.50 bits per heavy atom. The van der Waals surface area contributed by atoms with Crippen LogP contribution < -0.4 is 27.0 Å². The van der Waals surface area contributed by atoms with Crippen LogP contribution in [0.25, 0.3) is 5.69 Å². The Balaban J connectivity index is 1.59. The largest absolute Gasteiger partial charge is 0.384 e. The van der Waals surface area contributed by atoms with Gasteiger partial charge in [0.1, 0.15) is 17.4 Å². The van der Waals surface area contributed by atoms with Gasteiger partial charge in [0, 0.05) is 24.8 Å². The minimum atomic E-state index is -4.08. The van der Waals surface area contributed by atoms with Crippen LogP contribution in [0.4, 0.5) is 5.69 Å². The maximum atomic E-state index is 13.3. The summed E-state index contributed by atoms with van der Waals surface area (Å²) in [4.78, 5) is 26.5. The summed E-state index contributed by atoms with van der Waals surface area (Å²) in [5.74, 6) is -0.944. The summed E-state index contributed by atoms with van der Waals surface area (Å²) in [6, 6.07) is 24.9. The van der Waals surface area contributed by atoms with Crippen molar-refractivity contribution in [3.05, 3.63) is 129 Å². The lowest BCUT2D eigenvalue weighted by Gasteiger charge is -2.15. The zero-order valence-electron chi connectivity index (χ0n) is 20.5. The van der Waals surface area contributed by atoms with Gasteiger partial charge >= 0.3 is 5.69 Å². The molecule has 0 unspecified atom stereocenters. The molecule has 196 valence electrons. The first kappa shape index (κ1) is 26.6. The Morgan fingerprint density at radius 3 is 2.13 bits per heavy atom. The molecule has 38 heavy (non-hydrogen) atoms. The lowest BCUT2D eigenvalue weighted by atomic mass is 10.1. The van der Waals surface area contributed by atoms with Crippen molar-refractivity contribution >= 4 is 21.5 Å². The number of hydrogen-bond donors (Lipinski definition) is 4. The highest BCUT2D eigenvalue weighted by molar-refractivity contribution is 7.88. The second kappa shape index (κ2) is 11.7. The highest BCUT2D eigenvalue weighted by Crippen LogP contribution is 2.09. The van der Waals surface area contributed by atoms with E-state index in [0.29, 0.717) is 34.3 Å². The molecule has 4 aromatic rings. The highest BCUT2D eigenvalue weighted by Gasteiger charge is 2.19. The number of nitrogens with one attached hydrogen (secondary N) is 3. The van der Waals surface area contributed by atoms with Gasteiger partial charge in [-0.05, 0) is 29.7 Å². The third-order valence-corrected chi connectivity index (χ3v) is 7.02. The minimum Gasteiger partial charge on any atom is -0.384 e. The third kappa shape index (κ3) is 6.64. The van der Waals surface area contributed by atoms with Crippen LogP contribution in [0.5, 0.6) is 0 Å². The van der Waals surface area contributed by atoms with Gasteiger partial charge < -0.3 is 11.1 Å². The van der Waals surface area contributed by atoms with Crippen molar-refractivity contribution < 1.29 is 8.42 Å². The number of nitrogen functional groups attached to an aromatic ring is 1. The monoisotopic (exact) mass is 532 g/mol. The topological polar surface area (TPSA) is 152 Å². The van der Waals surface area contributed by atoms with Crippen LogP contribution in [0.2, 0.25) is 0 Å². The van der Waals surface area contributed by atoms with Crippen LogP contribution in [0, 0.1) is 5.41 Å². The summed E-state index contributed by atoms with van der Waals surface area (Å²) < 4.78 is 30.2. The molecule has 0 spiro atoms. The molecular formula is C27H28N6O4S. The van der Waals surface area contributed by atoms with Crippen LogP contribution in [0.1, 0.15) is 16.7 Å². The van der Waals surface area contributed by atoms with Crippen molar-refractivity contribution in [2.75, 3.05) is 11.9 Å². The number of anilines is 1. The van der Waals surface area contributed by atoms with E-state index in [1.807, 2.05) is 30.3 Å². The number of hydrogen-bond acceptors (Lipinski definition) is 6. The van der Waals surface area contributed by atoms with Gasteiger partial charge in [0.25, 0.3) is 5.56 Å². The van der Waals surface area contributed by atoms with Crippen molar-refractivity contribution in [3.8, 4) is 5.69 Å². The Morgan fingerprint density at radius 1 is 0.868 bits per heavy atom. The Kier molecular flexibility index (Phi) is 8.19. The Labute approximate surface area is 219 Å². The van der Waals surface area contributed by atoms with Crippen LogP contribution in [0.3, 0.4) is 0 Å². The number of nitrogens with zero attached hydrogens (tertiary/aromatic N) is 2. The van der Waals surface area contributed by atoms with Crippen molar-refractivity contribution in [1.82, 2.24) is 13.9 Å². The summed E-state index contributed by atoms with van der Waals surface area (Å²) in [6.07, 6.45) is 2.03. The van der Waals surface area contributed by atoms with Gasteiger partial charge in [-0.3, -0.25) is 14.8 Å². The molecule has 0 radical (unpaired) electrons. The molecule has 11 heteroatoms. The van der Waals surface area contributed by atoms with Gasteiger partial charge in [-0.1, -0.05) is 72.8 Å². The zero-order valence-corrected chi connectivity index (χ0v) is 21.3. The molecule has 10 nitrogen and oxygen atoms in total. The van der Waals surface area contributed by atoms with E-state index >= 15 is 0 Å². The number of rotatable bonds is 11. The fourth-order valence-corrected chi connectivity index (χ4v) is 4.85. The molecule has 0 atom stereocenters. The lowest BCUT2D eigenvalue weighted by molar-refractivity contribution is 0.560. The zero-order chi connectivity index (χ0) is 27.1. The molecular weight excluding hydrogens is 504 g/mol. The second-order valence-corrected chi connectivity index (χ2v) is 10.4. The quantitative estimate of drug-likeness (QED) is 0.171. The third-order valence-electron chi connectivity index (χ3n) is 5.84. The Hall–Kier alpha value is -4.48. The predicted molar refractivity (Wildman–Crippen MR) is 148 cm³/mol. The van der Waals surface area contributed by atoms with Gasteiger partial charge in [0.05, 0.1) is 5.69 Å². The number of amidine groups is 1. The first-order chi connectivity index (χ1) is 18.2. The molecule has 0 saturated heterocycles. The molecule has 0 aliphatic carbocycles. The fraction of sp³-hybridized carbons (Fsp3) is 0.148. The molecule has 0 saturated carbocycles. The highest BCUT2D eigenvalue weighted by atomic mass is 32.2. The molecule has 1 aromatic heterocycles. The number of nitrogens with two attached hydrogens (primary N) is 1. The predicted octanol–water partition coefficient (Wildman–Crippen LogP) is 2.01. The van der Waals surface area contributed by atoms with Crippen molar-refractivity contribution in [2.24, 2.45) is 5.73 Å². The van der Waals surface area contributed by atoms with E-state index in [1.165, 1.54) is 10.8 Å². The van der Waals surface area contributed by atoms with E-state index in [2.05, 4.69) is 10.0 Å².